The fourth-order valence-electron chi connectivity index (χ4n) is 12.5. The van der Waals surface area contributed by atoms with Crippen LogP contribution in [0, 0.1) is 0 Å². The van der Waals surface area contributed by atoms with Crippen molar-refractivity contribution in [3.63, 3.8) is 0 Å². The lowest BCUT2D eigenvalue weighted by Gasteiger charge is -2.39. The fraction of sp³-hybridized carbons (Fsp3) is 0.653. The van der Waals surface area contributed by atoms with Crippen molar-refractivity contribution < 1.29 is 47.9 Å². The van der Waals surface area contributed by atoms with Gasteiger partial charge in [0.1, 0.15) is 17.6 Å². The van der Waals surface area contributed by atoms with Gasteiger partial charge in [-0.2, -0.15) is 0 Å². The van der Waals surface area contributed by atoms with E-state index in [1.165, 1.54) is 44.5 Å². The smallest absolute Gasteiger partial charge is 0.303 e. The van der Waals surface area contributed by atoms with Gasteiger partial charge < -0.3 is 43.6 Å². The zero-order valence-corrected chi connectivity index (χ0v) is 56.6. The highest BCUT2D eigenvalue weighted by atomic mass is 16.6. The van der Waals surface area contributed by atoms with E-state index < -0.39 is 11.6 Å². The van der Waals surface area contributed by atoms with Crippen LogP contribution in [0.2, 0.25) is 0 Å². The van der Waals surface area contributed by atoms with Crippen LogP contribution in [0.15, 0.2) is 84.9 Å². The van der Waals surface area contributed by atoms with Gasteiger partial charge in [0.2, 0.25) is 5.91 Å². The van der Waals surface area contributed by atoms with Crippen LogP contribution >= 0.6 is 0 Å². The molecule has 0 heterocycles. The molecule has 0 radical (unpaired) electrons. The van der Waals surface area contributed by atoms with E-state index in [1.54, 1.807) is 21.1 Å². The summed E-state index contributed by atoms with van der Waals surface area (Å²) in [6.07, 6.45) is 14.9. The summed E-state index contributed by atoms with van der Waals surface area (Å²) < 4.78 is 44.6. The quantitative estimate of drug-likeness (QED) is 0.0414. The molecule has 0 fully saturated rings. The Labute approximate surface area is 521 Å². The second-order valence-corrected chi connectivity index (χ2v) is 26.7. The van der Waals surface area contributed by atoms with Crippen molar-refractivity contribution >= 4 is 11.9 Å². The largest absolute Gasteiger partial charge is 0.494 e. The topological polar surface area (TPSA) is 131 Å². The van der Waals surface area contributed by atoms with E-state index in [4.69, 9.17) is 33.2 Å². The van der Waals surface area contributed by atoms with E-state index in [-0.39, 0.29) is 57.6 Å². The fourth-order valence-corrected chi connectivity index (χ4v) is 12.5. The summed E-state index contributed by atoms with van der Waals surface area (Å²) in [6.45, 7) is 35.5. The van der Waals surface area contributed by atoms with E-state index >= 15 is 0 Å². The third kappa shape index (κ3) is 18.9. The number of carboxylic acid groups (broad SMARTS) is 1. The van der Waals surface area contributed by atoms with Crippen molar-refractivity contribution in [2.24, 2.45) is 0 Å². The van der Waals surface area contributed by atoms with Crippen LogP contribution in [0.4, 0.5) is 0 Å². The number of fused-ring (bicyclic) bond motifs is 3. The molecule has 1 aliphatic carbocycles. The van der Waals surface area contributed by atoms with Gasteiger partial charge in [-0.1, -0.05) is 123 Å². The molecule has 0 bridgehead atoms. The SMILES string of the molecule is CCC(COC(C)(CC)CCCC1(CCCC(C)(CC)OCC(C)(CC)OC)c2cc(C(C)(CC)c3ccc(OCCCCNC(C)=O)cc3)ccc2-c2ccc(C(C)(CC)c3ccc(OC(CC)CCOC(C)(C)CCC(=O)O)cc3)cc21)OC. The number of methoxy groups -OCH3 is 2. The van der Waals surface area contributed by atoms with E-state index in [0.29, 0.717) is 45.8 Å². The molecule has 5 rings (SSSR count). The second kappa shape index (κ2) is 32.6. The lowest BCUT2D eigenvalue weighted by molar-refractivity contribution is -0.139. The molecule has 8 unspecified atom stereocenters. The molecule has 4 aromatic carbocycles. The Kier molecular flexibility index (Phi) is 27.3. The standard InChI is InChI=1S/C75H115NO10/c1-18-60(42-50-83-69(9,10)47-41-68(78)79)86-63-37-31-57(32-38-63)74(15,24-7)59-34-40-65-64-39-33-58(73(14,23-6)56-29-35-62(36-30-56)82-49-26-25-48-76-55(8)77)51-66(64)75(67(65)52-59,45-27-43-70(11,20-3)84-53-61(19-2)80-16)46-28-44-71(12,21-4)85-54-72(13,22-5)81-17/h29-40,51-52,60-61H,18-28,41-50,53-54H2,1-17H3,(H,76,77)(H,78,79). The van der Waals surface area contributed by atoms with Gasteiger partial charge >= 0.3 is 5.97 Å². The Morgan fingerprint density at radius 1 is 0.558 bits per heavy atom. The highest BCUT2D eigenvalue weighted by Gasteiger charge is 2.46. The summed E-state index contributed by atoms with van der Waals surface area (Å²) in [5.41, 5.74) is 8.16. The van der Waals surface area contributed by atoms with Gasteiger partial charge in [-0.3, -0.25) is 9.59 Å². The molecular weight excluding hydrogens is 1070 g/mol. The molecule has 0 aliphatic heterocycles. The van der Waals surface area contributed by atoms with Crippen molar-refractivity contribution in [1.29, 1.82) is 0 Å². The molecule has 11 nitrogen and oxygen atoms in total. The molecule has 480 valence electrons. The maximum absolute atomic E-state index is 11.4. The van der Waals surface area contributed by atoms with Crippen LogP contribution < -0.4 is 14.8 Å². The number of amides is 1. The third-order valence-corrected chi connectivity index (χ3v) is 20.4. The monoisotopic (exact) mass is 1190 g/mol. The van der Waals surface area contributed by atoms with E-state index in [0.717, 1.165) is 108 Å². The maximum atomic E-state index is 11.4. The van der Waals surface area contributed by atoms with Gasteiger partial charge in [-0.05, 0) is 206 Å². The lowest BCUT2D eigenvalue weighted by atomic mass is 9.66. The van der Waals surface area contributed by atoms with E-state index in [2.05, 4.69) is 173 Å². The predicted molar refractivity (Wildman–Crippen MR) is 352 cm³/mol. The zero-order valence-electron chi connectivity index (χ0n) is 56.6. The second-order valence-electron chi connectivity index (χ2n) is 26.7. The summed E-state index contributed by atoms with van der Waals surface area (Å²) in [5.74, 6) is 0.875. The van der Waals surface area contributed by atoms with Crippen LogP contribution in [0.1, 0.15) is 253 Å². The maximum Gasteiger partial charge on any atom is 0.303 e. The average Bonchev–Trinajstić information content (AvgIpc) is 1.67. The third-order valence-electron chi connectivity index (χ3n) is 20.4. The van der Waals surface area contributed by atoms with Gasteiger partial charge in [0.25, 0.3) is 0 Å². The molecule has 0 aromatic heterocycles. The summed E-state index contributed by atoms with van der Waals surface area (Å²) in [4.78, 5) is 22.6. The molecule has 0 saturated carbocycles. The first kappa shape index (κ1) is 72.0. The van der Waals surface area contributed by atoms with E-state index in [1.807, 2.05) is 13.8 Å². The summed E-state index contributed by atoms with van der Waals surface area (Å²) in [5, 5.41) is 12.1. The highest BCUT2D eigenvalue weighted by Crippen LogP contribution is 2.57. The Balaban J connectivity index is 1.62. The van der Waals surface area contributed by atoms with Crippen LogP contribution in [-0.2, 0) is 49.5 Å². The zero-order chi connectivity index (χ0) is 63.4. The first-order valence-corrected chi connectivity index (χ1v) is 33.1. The minimum absolute atomic E-state index is 0.00339. The van der Waals surface area contributed by atoms with Gasteiger partial charge in [0.15, 0.2) is 0 Å². The van der Waals surface area contributed by atoms with Gasteiger partial charge in [0, 0.05) is 56.8 Å². The molecule has 86 heavy (non-hydrogen) atoms. The summed E-state index contributed by atoms with van der Waals surface area (Å²) in [6, 6.07) is 32.4. The number of hydrogen-bond donors (Lipinski definition) is 2. The number of nitrogens with one attached hydrogen (secondary N) is 1. The number of benzene rings is 4. The lowest BCUT2D eigenvalue weighted by Crippen LogP contribution is -2.39. The van der Waals surface area contributed by atoms with E-state index in [9.17, 15) is 14.7 Å². The van der Waals surface area contributed by atoms with Crippen molar-refractivity contribution in [1.82, 2.24) is 5.32 Å². The Hall–Kier alpha value is -4.78. The Morgan fingerprint density at radius 2 is 1.06 bits per heavy atom. The van der Waals surface area contributed by atoms with Crippen LogP contribution in [-0.4, -0.2) is 98.8 Å². The molecule has 1 amide bonds. The van der Waals surface area contributed by atoms with Crippen LogP contribution in [0.3, 0.4) is 0 Å². The summed E-state index contributed by atoms with van der Waals surface area (Å²) >= 11 is 0. The van der Waals surface area contributed by atoms with Crippen molar-refractivity contribution in [3.05, 3.63) is 118 Å². The first-order valence-electron chi connectivity index (χ1n) is 33.1. The van der Waals surface area contributed by atoms with Gasteiger partial charge in [-0.25, -0.2) is 0 Å². The predicted octanol–water partition coefficient (Wildman–Crippen LogP) is 17.8. The molecule has 1 aliphatic rings. The highest BCUT2D eigenvalue weighted by molar-refractivity contribution is 5.82. The minimum Gasteiger partial charge on any atom is -0.494 e. The molecular formula is C75H115NO10. The number of aliphatic carboxylic acids is 1. The summed E-state index contributed by atoms with van der Waals surface area (Å²) in [7, 11) is 3.59. The molecule has 0 spiro atoms. The Morgan fingerprint density at radius 3 is 1.51 bits per heavy atom. The molecule has 8 atom stereocenters. The minimum atomic E-state index is -0.809. The average molecular weight is 1190 g/mol. The number of rotatable bonds is 42. The van der Waals surface area contributed by atoms with Crippen molar-refractivity contribution in [2.75, 3.05) is 47.2 Å². The normalized spacial score (nSPS) is 18.3. The number of carbonyl (C=O) groups excluding carboxylic acids is 1. The van der Waals surface area contributed by atoms with Gasteiger partial charge in [-0.15, -0.1) is 0 Å². The molecule has 0 saturated heterocycles. The molecule has 11 heteroatoms. The Bertz CT molecular complexity index is 2700. The number of carbonyl (C=O) groups is 2. The number of unbranched alkanes of at least 4 members (excludes halogenated alkanes) is 1. The van der Waals surface area contributed by atoms with Crippen molar-refractivity contribution in [2.45, 2.75) is 270 Å². The number of carboxylic acids is 1. The number of hydrogen-bond acceptors (Lipinski definition) is 9. The van der Waals surface area contributed by atoms with Gasteiger partial charge in [0.05, 0.1) is 54.9 Å². The molecule has 2 N–H and O–H groups in total. The molecule has 4 aromatic rings. The first-order chi connectivity index (χ1) is 40.8. The number of ether oxygens (including phenoxy) is 7. The van der Waals surface area contributed by atoms with Crippen LogP contribution in [0.25, 0.3) is 11.1 Å². The van der Waals surface area contributed by atoms with Crippen LogP contribution in [0.5, 0.6) is 11.5 Å². The van der Waals surface area contributed by atoms with Crippen molar-refractivity contribution in [3.8, 4) is 22.6 Å².